The lowest BCUT2D eigenvalue weighted by Crippen LogP contribution is -2.29. The number of amides is 1. The first-order chi connectivity index (χ1) is 10.4. The molecule has 6 heteroatoms. The molecule has 1 unspecified atom stereocenters. The van der Waals surface area contributed by atoms with Gasteiger partial charge in [-0.15, -0.1) is 0 Å². The van der Waals surface area contributed by atoms with Crippen molar-refractivity contribution in [3.05, 3.63) is 74.8 Å². The van der Waals surface area contributed by atoms with Crippen LogP contribution in [0.5, 0.6) is 0 Å². The highest BCUT2D eigenvalue weighted by Gasteiger charge is 2.20. The van der Waals surface area contributed by atoms with E-state index in [-0.39, 0.29) is 23.2 Å². The van der Waals surface area contributed by atoms with Crippen molar-refractivity contribution >= 4 is 23.2 Å². The first-order valence-electron chi connectivity index (χ1n) is 6.67. The number of nitro groups is 1. The zero-order valence-corrected chi connectivity index (χ0v) is 12.9. The molecule has 114 valence electrons. The summed E-state index contributed by atoms with van der Waals surface area (Å²) in [6.07, 6.45) is 0. The van der Waals surface area contributed by atoms with E-state index in [0.717, 1.165) is 5.56 Å². The van der Waals surface area contributed by atoms with Crippen molar-refractivity contribution < 1.29 is 9.72 Å². The molecule has 0 heterocycles. The highest BCUT2D eigenvalue weighted by molar-refractivity contribution is 6.30. The zero-order chi connectivity index (χ0) is 16.3. The molecule has 0 spiro atoms. The van der Waals surface area contributed by atoms with Gasteiger partial charge in [-0.05, 0) is 30.7 Å². The molecule has 0 saturated heterocycles. The summed E-state index contributed by atoms with van der Waals surface area (Å²) >= 11 is 5.86. The second kappa shape index (κ2) is 6.58. The van der Waals surface area contributed by atoms with Gasteiger partial charge in [0.15, 0.2) is 0 Å². The Morgan fingerprint density at radius 2 is 1.86 bits per heavy atom. The van der Waals surface area contributed by atoms with Gasteiger partial charge in [0.25, 0.3) is 11.6 Å². The molecule has 0 aliphatic heterocycles. The summed E-state index contributed by atoms with van der Waals surface area (Å²) in [5.74, 6) is -0.272. The molecule has 5 nitrogen and oxygen atoms in total. The second-order valence-corrected chi connectivity index (χ2v) is 5.39. The lowest BCUT2D eigenvalue weighted by Gasteiger charge is -2.25. The number of halogens is 1. The predicted octanol–water partition coefficient (Wildman–Crippen LogP) is 4.08. The molecule has 0 aliphatic carbocycles. The fourth-order valence-electron chi connectivity index (χ4n) is 2.10. The number of nitro benzene ring substituents is 1. The molecular weight excluding hydrogens is 304 g/mol. The van der Waals surface area contributed by atoms with Crippen LogP contribution in [0.2, 0.25) is 5.02 Å². The summed E-state index contributed by atoms with van der Waals surface area (Å²) < 4.78 is 0. The number of benzene rings is 2. The van der Waals surface area contributed by atoms with Crippen molar-refractivity contribution in [3.8, 4) is 0 Å². The van der Waals surface area contributed by atoms with Crippen LogP contribution in [0.4, 0.5) is 5.69 Å². The molecular formula is C16H15ClN2O3. The quantitative estimate of drug-likeness (QED) is 0.630. The van der Waals surface area contributed by atoms with Crippen LogP contribution in [0.3, 0.4) is 0 Å². The lowest BCUT2D eigenvalue weighted by atomic mass is 10.1. The number of nitrogens with zero attached hydrogens (tertiary/aromatic N) is 2. The van der Waals surface area contributed by atoms with Gasteiger partial charge >= 0.3 is 0 Å². The van der Waals surface area contributed by atoms with Gasteiger partial charge in [-0.25, -0.2) is 0 Å². The normalized spacial score (nSPS) is 11.8. The first-order valence-corrected chi connectivity index (χ1v) is 7.05. The Labute approximate surface area is 133 Å². The fourth-order valence-corrected chi connectivity index (χ4v) is 2.22. The number of hydrogen-bond donors (Lipinski definition) is 0. The molecule has 22 heavy (non-hydrogen) atoms. The van der Waals surface area contributed by atoms with E-state index in [1.807, 2.05) is 19.1 Å². The maximum absolute atomic E-state index is 12.5. The summed E-state index contributed by atoms with van der Waals surface area (Å²) in [4.78, 5) is 24.3. The predicted molar refractivity (Wildman–Crippen MR) is 85.1 cm³/mol. The maximum Gasteiger partial charge on any atom is 0.270 e. The molecule has 0 radical (unpaired) electrons. The minimum Gasteiger partial charge on any atom is -0.335 e. The van der Waals surface area contributed by atoms with Crippen molar-refractivity contribution in [3.63, 3.8) is 0 Å². The number of carbonyl (C=O) groups excluding carboxylic acids is 1. The van der Waals surface area contributed by atoms with Gasteiger partial charge < -0.3 is 4.90 Å². The van der Waals surface area contributed by atoms with Crippen molar-refractivity contribution in [2.24, 2.45) is 0 Å². The largest absolute Gasteiger partial charge is 0.335 e. The third-order valence-electron chi connectivity index (χ3n) is 3.56. The average molecular weight is 319 g/mol. The topological polar surface area (TPSA) is 63.5 Å². The van der Waals surface area contributed by atoms with Crippen LogP contribution in [0.1, 0.15) is 28.9 Å². The summed E-state index contributed by atoms with van der Waals surface area (Å²) in [5.41, 5.74) is 1.13. The van der Waals surface area contributed by atoms with E-state index in [2.05, 4.69) is 0 Å². The van der Waals surface area contributed by atoms with Gasteiger partial charge in [0, 0.05) is 29.8 Å². The molecule has 0 aliphatic rings. The Hall–Kier alpha value is -2.40. The smallest absolute Gasteiger partial charge is 0.270 e. The SMILES string of the molecule is CC(c1ccc(Cl)cc1)N(C)C(=O)c1cccc([N+](=O)[O-])c1. The van der Waals surface area contributed by atoms with Gasteiger partial charge in [-0.1, -0.05) is 29.8 Å². The van der Waals surface area contributed by atoms with Gasteiger partial charge in [-0.2, -0.15) is 0 Å². The monoisotopic (exact) mass is 318 g/mol. The van der Waals surface area contributed by atoms with Crippen molar-refractivity contribution in [2.45, 2.75) is 13.0 Å². The van der Waals surface area contributed by atoms with E-state index in [4.69, 9.17) is 11.6 Å². The molecule has 2 rings (SSSR count). The summed E-state index contributed by atoms with van der Waals surface area (Å²) in [6.45, 7) is 1.89. The molecule has 0 fully saturated rings. The van der Waals surface area contributed by atoms with Crippen LogP contribution < -0.4 is 0 Å². The number of carbonyl (C=O) groups is 1. The highest BCUT2D eigenvalue weighted by atomic mass is 35.5. The van der Waals surface area contributed by atoms with Crippen LogP contribution in [-0.2, 0) is 0 Å². The molecule has 0 saturated carbocycles. The van der Waals surface area contributed by atoms with Crippen molar-refractivity contribution in [1.29, 1.82) is 0 Å². The standard InChI is InChI=1S/C16H15ClN2O3/c1-11(12-6-8-14(17)9-7-12)18(2)16(20)13-4-3-5-15(10-13)19(21)22/h3-11H,1-2H3. The average Bonchev–Trinajstić information content (AvgIpc) is 2.53. The van der Waals surface area contributed by atoms with E-state index in [1.54, 1.807) is 30.1 Å². The Bertz CT molecular complexity index is 701. The van der Waals surface area contributed by atoms with E-state index >= 15 is 0 Å². The van der Waals surface area contributed by atoms with Crippen LogP contribution >= 0.6 is 11.6 Å². The summed E-state index contributed by atoms with van der Waals surface area (Å²) in [6, 6.07) is 12.8. The number of rotatable bonds is 4. The van der Waals surface area contributed by atoms with Crippen molar-refractivity contribution in [1.82, 2.24) is 4.90 Å². The molecule has 0 aromatic heterocycles. The minimum absolute atomic E-state index is 0.0987. The highest BCUT2D eigenvalue weighted by Crippen LogP contribution is 2.23. The van der Waals surface area contributed by atoms with E-state index in [1.165, 1.54) is 18.2 Å². The van der Waals surface area contributed by atoms with E-state index in [9.17, 15) is 14.9 Å². The fraction of sp³-hybridized carbons (Fsp3) is 0.188. The van der Waals surface area contributed by atoms with Crippen LogP contribution in [0.15, 0.2) is 48.5 Å². The lowest BCUT2D eigenvalue weighted by molar-refractivity contribution is -0.384. The molecule has 1 amide bonds. The summed E-state index contributed by atoms with van der Waals surface area (Å²) in [5, 5.41) is 11.4. The Morgan fingerprint density at radius 3 is 2.45 bits per heavy atom. The van der Waals surface area contributed by atoms with Crippen molar-refractivity contribution in [2.75, 3.05) is 7.05 Å². The van der Waals surface area contributed by atoms with Gasteiger partial charge in [-0.3, -0.25) is 14.9 Å². The number of non-ortho nitro benzene ring substituents is 1. The second-order valence-electron chi connectivity index (χ2n) is 4.95. The maximum atomic E-state index is 12.5. The van der Waals surface area contributed by atoms with Crippen LogP contribution in [0, 0.1) is 10.1 Å². The van der Waals surface area contributed by atoms with Crippen LogP contribution in [0.25, 0.3) is 0 Å². The molecule has 1 atom stereocenters. The van der Waals surface area contributed by atoms with Crippen LogP contribution in [-0.4, -0.2) is 22.8 Å². The third-order valence-corrected chi connectivity index (χ3v) is 3.81. The van der Waals surface area contributed by atoms with E-state index in [0.29, 0.717) is 5.02 Å². The van der Waals surface area contributed by atoms with Gasteiger partial charge in [0.05, 0.1) is 11.0 Å². The van der Waals surface area contributed by atoms with E-state index < -0.39 is 4.92 Å². The zero-order valence-electron chi connectivity index (χ0n) is 12.2. The number of hydrogen-bond acceptors (Lipinski definition) is 3. The molecule has 0 bridgehead atoms. The molecule has 2 aromatic carbocycles. The minimum atomic E-state index is -0.514. The Balaban J connectivity index is 2.23. The molecule has 0 N–H and O–H groups in total. The Kier molecular flexibility index (Phi) is 4.78. The van der Waals surface area contributed by atoms with Gasteiger partial charge in [0.1, 0.15) is 0 Å². The summed E-state index contributed by atoms with van der Waals surface area (Å²) in [7, 11) is 1.67. The Morgan fingerprint density at radius 1 is 1.23 bits per heavy atom. The molecule has 2 aromatic rings. The van der Waals surface area contributed by atoms with Gasteiger partial charge in [0.2, 0.25) is 0 Å². The first kappa shape index (κ1) is 16.0. The third kappa shape index (κ3) is 3.43.